The normalized spacial score (nSPS) is 10.2. The van der Waals surface area contributed by atoms with Gasteiger partial charge in [-0.2, -0.15) is 0 Å². The number of benzene rings is 2. The molecule has 0 spiro atoms. The van der Waals surface area contributed by atoms with E-state index in [1.165, 1.54) is 48.5 Å². The number of carbonyl (C=O) groups excluding carboxylic acids is 2. The molecule has 0 aromatic heterocycles. The molecule has 0 saturated carbocycles. The topological polar surface area (TPSA) is 64.6 Å². The molecule has 0 aliphatic carbocycles. The number of carbonyl (C=O) groups is 2. The number of anilines is 1. The molecule has 2 aromatic rings. The van der Waals surface area contributed by atoms with Crippen LogP contribution in [0.1, 0.15) is 0 Å². The second-order valence-electron chi connectivity index (χ2n) is 5.07. The van der Waals surface area contributed by atoms with E-state index in [1.807, 2.05) is 0 Å². The minimum atomic E-state index is -0.465. The van der Waals surface area contributed by atoms with E-state index < -0.39 is 5.97 Å². The van der Waals surface area contributed by atoms with E-state index >= 15 is 0 Å². The average Bonchev–Trinajstić information content (AvgIpc) is 2.62. The Hall–Kier alpha value is -2.61. The maximum absolute atomic E-state index is 12.8. The van der Waals surface area contributed by atoms with Gasteiger partial charge in [0.05, 0.1) is 11.5 Å². The quantitative estimate of drug-likeness (QED) is 0.534. The van der Waals surface area contributed by atoms with Crippen LogP contribution in [0.2, 0.25) is 0 Å². The molecule has 0 bridgehead atoms. The molecule has 1 amide bonds. The third kappa shape index (κ3) is 7.52. The Morgan fingerprint density at radius 2 is 1.50 bits per heavy atom. The lowest BCUT2D eigenvalue weighted by Gasteiger charge is -2.07. The number of hydrogen-bond donors (Lipinski definition) is 1. The maximum atomic E-state index is 12.8. The number of esters is 1. The molecule has 0 aliphatic heterocycles. The van der Waals surface area contributed by atoms with Crippen LogP contribution in [0.15, 0.2) is 48.5 Å². The molecule has 8 heteroatoms. The van der Waals surface area contributed by atoms with Crippen LogP contribution in [0, 0.1) is 11.6 Å². The van der Waals surface area contributed by atoms with Gasteiger partial charge in [-0.1, -0.05) is 0 Å². The Bertz CT molecular complexity index is 723. The molecule has 0 fully saturated rings. The van der Waals surface area contributed by atoms with Gasteiger partial charge in [0.15, 0.2) is 0 Å². The summed E-state index contributed by atoms with van der Waals surface area (Å²) in [4.78, 5) is 23.3. The van der Waals surface area contributed by atoms with Gasteiger partial charge >= 0.3 is 5.97 Å². The number of amides is 1. The Balaban J connectivity index is 1.54. The summed E-state index contributed by atoms with van der Waals surface area (Å²) < 4.78 is 35.7. The summed E-state index contributed by atoms with van der Waals surface area (Å²) in [6.45, 7) is 0.200. The maximum Gasteiger partial charge on any atom is 0.316 e. The highest BCUT2D eigenvalue weighted by atomic mass is 32.2. The fraction of sp³-hybridized carbons (Fsp3) is 0.222. The van der Waals surface area contributed by atoms with Crippen LogP contribution in [0.3, 0.4) is 0 Å². The van der Waals surface area contributed by atoms with Crippen molar-refractivity contribution >= 4 is 29.3 Å². The number of ether oxygens (including phenoxy) is 2. The van der Waals surface area contributed by atoms with Crippen LogP contribution in [-0.4, -0.2) is 36.6 Å². The van der Waals surface area contributed by atoms with Gasteiger partial charge in [0.25, 0.3) is 0 Å². The molecule has 2 rings (SSSR count). The fourth-order valence-electron chi connectivity index (χ4n) is 1.84. The summed E-state index contributed by atoms with van der Waals surface area (Å²) in [5.74, 6) is -0.935. The monoisotopic (exact) mass is 381 g/mol. The molecule has 138 valence electrons. The summed E-state index contributed by atoms with van der Waals surface area (Å²) in [5.41, 5.74) is 0.484. The van der Waals surface area contributed by atoms with Gasteiger partial charge in [-0.15, -0.1) is 11.8 Å². The second-order valence-corrected chi connectivity index (χ2v) is 6.06. The van der Waals surface area contributed by atoms with Gasteiger partial charge < -0.3 is 14.8 Å². The van der Waals surface area contributed by atoms with Crippen molar-refractivity contribution in [2.24, 2.45) is 0 Å². The van der Waals surface area contributed by atoms with Crippen molar-refractivity contribution in [3.05, 3.63) is 60.2 Å². The highest BCUT2D eigenvalue weighted by Gasteiger charge is 2.07. The Morgan fingerprint density at radius 1 is 0.885 bits per heavy atom. The van der Waals surface area contributed by atoms with Gasteiger partial charge in [-0.3, -0.25) is 9.59 Å². The zero-order valence-corrected chi connectivity index (χ0v) is 14.6. The molecular formula is C18H17F2NO4S. The average molecular weight is 381 g/mol. The van der Waals surface area contributed by atoms with Crippen molar-refractivity contribution in [3.63, 3.8) is 0 Å². The van der Waals surface area contributed by atoms with E-state index in [4.69, 9.17) is 9.47 Å². The standard InChI is InChI=1S/C18H17F2NO4S/c19-13-1-5-15(6-2-13)21-17(22)11-26-12-18(23)25-10-9-24-16-7-3-14(20)4-8-16/h1-8H,9-12H2,(H,21,22). The minimum Gasteiger partial charge on any atom is -0.490 e. The number of hydrogen-bond acceptors (Lipinski definition) is 5. The Morgan fingerprint density at radius 3 is 2.15 bits per heavy atom. The van der Waals surface area contributed by atoms with Crippen LogP contribution < -0.4 is 10.1 Å². The largest absolute Gasteiger partial charge is 0.490 e. The smallest absolute Gasteiger partial charge is 0.316 e. The zero-order chi connectivity index (χ0) is 18.8. The lowest BCUT2D eigenvalue weighted by Crippen LogP contribution is -2.17. The first-order valence-electron chi connectivity index (χ1n) is 7.70. The predicted molar refractivity (Wildman–Crippen MR) is 95.2 cm³/mol. The first kappa shape index (κ1) is 19.7. The summed E-state index contributed by atoms with van der Waals surface area (Å²) in [6, 6.07) is 10.9. The zero-order valence-electron chi connectivity index (χ0n) is 13.7. The molecule has 0 unspecified atom stereocenters. The van der Waals surface area contributed by atoms with E-state index in [9.17, 15) is 18.4 Å². The molecule has 1 N–H and O–H groups in total. The van der Waals surface area contributed by atoms with Crippen molar-refractivity contribution in [1.82, 2.24) is 0 Å². The summed E-state index contributed by atoms with van der Waals surface area (Å²) in [6.07, 6.45) is 0. The summed E-state index contributed by atoms with van der Waals surface area (Å²) in [5, 5.41) is 2.59. The predicted octanol–water partition coefficient (Wildman–Crippen LogP) is 3.26. The minimum absolute atomic E-state index is 0.0212. The van der Waals surface area contributed by atoms with E-state index in [1.54, 1.807) is 0 Å². The first-order valence-corrected chi connectivity index (χ1v) is 8.85. The molecule has 0 radical (unpaired) electrons. The van der Waals surface area contributed by atoms with Crippen LogP contribution in [0.5, 0.6) is 5.75 Å². The van der Waals surface area contributed by atoms with E-state index in [2.05, 4.69) is 5.32 Å². The first-order chi connectivity index (χ1) is 12.5. The number of nitrogens with one attached hydrogen (secondary N) is 1. The second kappa shape index (κ2) is 10.4. The van der Waals surface area contributed by atoms with E-state index in [-0.39, 0.29) is 42.3 Å². The number of halogens is 2. The van der Waals surface area contributed by atoms with Gasteiger partial charge in [0.2, 0.25) is 5.91 Å². The van der Waals surface area contributed by atoms with Gasteiger partial charge in [0.1, 0.15) is 30.6 Å². The van der Waals surface area contributed by atoms with Crippen LogP contribution in [-0.2, 0) is 14.3 Å². The summed E-state index contributed by atoms with van der Waals surface area (Å²) in [7, 11) is 0. The highest BCUT2D eigenvalue weighted by molar-refractivity contribution is 8.00. The molecule has 26 heavy (non-hydrogen) atoms. The molecular weight excluding hydrogens is 364 g/mol. The number of rotatable bonds is 9. The lowest BCUT2D eigenvalue weighted by molar-refractivity contribution is -0.141. The van der Waals surface area contributed by atoms with Crippen LogP contribution >= 0.6 is 11.8 Å². The van der Waals surface area contributed by atoms with Gasteiger partial charge in [-0.05, 0) is 48.5 Å². The molecule has 0 atom stereocenters. The summed E-state index contributed by atoms with van der Waals surface area (Å²) >= 11 is 1.10. The Labute approximate surface area is 153 Å². The Kier molecular flexibility index (Phi) is 7.88. The van der Waals surface area contributed by atoms with Crippen molar-refractivity contribution < 1.29 is 27.8 Å². The van der Waals surface area contributed by atoms with E-state index in [0.717, 1.165) is 11.8 Å². The van der Waals surface area contributed by atoms with Crippen molar-refractivity contribution in [2.45, 2.75) is 0 Å². The molecule has 0 aliphatic rings. The highest BCUT2D eigenvalue weighted by Crippen LogP contribution is 2.11. The third-order valence-corrected chi connectivity index (χ3v) is 3.92. The van der Waals surface area contributed by atoms with Gasteiger partial charge in [0, 0.05) is 5.69 Å². The van der Waals surface area contributed by atoms with Crippen LogP contribution in [0.25, 0.3) is 0 Å². The molecule has 0 heterocycles. The third-order valence-electron chi connectivity index (χ3n) is 3.01. The fourth-order valence-corrected chi connectivity index (χ4v) is 2.45. The number of thioether (sulfide) groups is 1. The molecule has 2 aromatic carbocycles. The lowest BCUT2D eigenvalue weighted by atomic mass is 10.3. The van der Waals surface area contributed by atoms with Gasteiger partial charge in [-0.25, -0.2) is 8.78 Å². The van der Waals surface area contributed by atoms with Crippen molar-refractivity contribution in [1.29, 1.82) is 0 Å². The molecule has 5 nitrogen and oxygen atoms in total. The van der Waals surface area contributed by atoms with Crippen molar-refractivity contribution in [3.8, 4) is 5.75 Å². The van der Waals surface area contributed by atoms with Crippen molar-refractivity contribution in [2.75, 3.05) is 30.0 Å². The molecule has 0 saturated heterocycles. The van der Waals surface area contributed by atoms with Crippen LogP contribution in [0.4, 0.5) is 14.5 Å². The van der Waals surface area contributed by atoms with E-state index in [0.29, 0.717) is 11.4 Å². The SMILES string of the molecule is O=C(CSCC(=O)OCCOc1ccc(F)cc1)Nc1ccc(F)cc1.